The fourth-order valence-corrected chi connectivity index (χ4v) is 3.26. The maximum absolute atomic E-state index is 12.3. The first-order valence-electron chi connectivity index (χ1n) is 8.30. The van der Waals surface area contributed by atoms with E-state index in [2.05, 4.69) is 33.0 Å². The Kier molecular flexibility index (Phi) is 5.90. The smallest absolute Gasteiger partial charge is 0.339 e. The quantitative estimate of drug-likeness (QED) is 0.449. The lowest BCUT2D eigenvalue weighted by atomic mass is 10.2. The molecule has 3 rings (SSSR count). The first-order valence-corrected chi connectivity index (χ1v) is 9.38. The number of benzene rings is 2. The third kappa shape index (κ3) is 4.36. The summed E-state index contributed by atoms with van der Waals surface area (Å²) in [6, 6.07) is 16.7. The molecular weight excluding hydrogens is 457 g/mol. The molecule has 138 valence electrons. The van der Waals surface area contributed by atoms with Gasteiger partial charge >= 0.3 is 5.97 Å². The standard InChI is InChI=1S/C20H18IN3O3/c1-13-19(14(2)24(23-13)15-8-4-3-5-9-15)22-18(25)12-27-20(26)16-10-6-7-11-17(16)21/h3-11H,12H2,1-2H3,(H,22,25). The topological polar surface area (TPSA) is 73.2 Å². The lowest BCUT2D eigenvalue weighted by molar-refractivity contribution is -0.119. The van der Waals surface area contributed by atoms with Gasteiger partial charge in [-0.3, -0.25) is 4.79 Å². The second kappa shape index (κ2) is 8.34. The van der Waals surface area contributed by atoms with Crippen LogP contribution in [0.15, 0.2) is 54.6 Å². The predicted octanol–water partition coefficient (Wildman–Crippen LogP) is 3.89. The predicted molar refractivity (Wildman–Crippen MR) is 111 cm³/mol. The molecule has 1 N–H and O–H groups in total. The van der Waals surface area contributed by atoms with Crippen LogP contribution < -0.4 is 5.32 Å². The summed E-state index contributed by atoms with van der Waals surface area (Å²) in [4.78, 5) is 24.4. The third-order valence-corrected chi connectivity index (χ3v) is 4.93. The highest BCUT2D eigenvalue weighted by atomic mass is 127. The number of aryl methyl sites for hydroxylation is 1. The zero-order valence-electron chi connectivity index (χ0n) is 14.9. The van der Waals surface area contributed by atoms with Crippen LogP contribution in [0.2, 0.25) is 0 Å². The maximum atomic E-state index is 12.3. The molecule has 2 aromatic carbocycles. The molecule has 0 aliphatic heterocycles. The maximum Gasteiger partial charge on any atom is 0.339 e. The van der Waals surface area contributed by atoms with Crippen molar-refractivity contribution < 1.29 is 14.3 Å². The summed E-state index contributed by atoms with van der Waals surface area (Å²) in [6.07, 6.45) is 0. The highest BCUT2D eigenvalue weighted by molar-refractivity contribution is 14.1. The highest BCUT2D eigenvalue weighted by Crippen LogP contribution is 2.22. The molecule has 0 aliphatic carbocycles. The van der Waals surface area contributed by atoms with Crippen LogP contribution in [0.5, 0.6) is 0 Å². The summed E-state index contributed by atoms with van der Waals surface area (Å²) >= 11 is 2.06. The van der Waals surface area contributed by atoms with Crippen LogP contribution in [0, 0.1) is 17.4 Å². The molecule has 1 aromatic heterocycles. The SMILES string of the molecule is Cc1nn(-c2ccccc2)c(C)c1NC(=O)COC(=O)c1ccccc1I. The molecule has 0 unspecified atom stereocenters. The minimum Gasteiger partial charge on any atom is -0.452 e. The first-order chi connectivity index (χ1) is 13.0. The molecule has 0 radical (unpaired) electrons. The van der Waals surface area contributed by atoms with Gasteiger partial charge in [-0.2, -0.15) is 5.10 Å². The average molecular weight is 475 g/mol. The molecule has 0 spiro atoms. The first kappa shape index (κ1) is 19.1. The summed E-state index contributed by atoms with van der Waals surface area (Å²) in [5, 5.41) is 7.27. The fourth-order valence-electron chi connectivity index (χ4n) is 2.66. The molecular formula is C20H18IN3O3. The Hall–Kier alpha value is -2.68. The minimum atomic E-state index is -0.524. The number of hydrogen-bond donors (Lipinski definition) is 1. The van der Waals surface area contributed by atoms with Crippen molar-refractivity contribution in [3.8, 4) is 5.69 Å². The number of aromatic nitrogens is 2. The molecule has 1 heterocycles. The zero-order chi connectivity index (χ0) is 19.4. The summed E-state index contributed by atoms with van der Waals surface area (Å²) in [5.74, 6) is -0.934. The van der Waals surface area contributed by atoms with E-state index in [9.17, 15) is 9.59 Å². The number of rotatable bonds is 5. The van der Waals surface area contributed by atoms with Crippen LogP contribution in [0.1, 0.15) is 21.7 Å². The zero-order valence-corrected chi connectivity index (χ0v) is 17.1. The van der Waals surface area contributed by atoms with Gasteiger partial charge in [-0.15, -0.1) is 0 Å². The fraction of sp³-hybridized carbons (Fsp3) is 0.150. The van der Waals surface area contributed by atoms with E-state index in [4.69, 9.17) is 4.74 Å². The van der Waals surface area contributed by atoms with Crippen molar-refractivity contribution in [3.05, 3.63) is 75.1 Å². The molecule has 0 saturated carbocycles. The number of carbonyl (C=O) groups excluding carboxylic acids is 2. The van der Waals surface area contributed by atoms with Crippen LogP contribution in [0.3, 0.4) is 0 Å². The molecule has 3 aromatic rings. The number of amides is 1. The summed E-state index contributed by atoms with van der Waals surface area (Å²) in [6.45, 7) is 3.33. The van der Waals surface area contributed by atoms with E-state index < -0.39 is 11.9 Å². The van der Waals surface area contributed by atoms with E-state index in [0.717, 1.165) is 15.0 Å². The average Bonchev–Trinajstić information content (AvgIpc) is 2.95. The second-order valence-corrected chi connectivity index (χ2v) is 7.06. The lowest BCUT2D eigenvalue weighted by Crippen LogP contribution is -2.22. The van der Waals surface area contributed by atoms with E-state index in [1.165, 1.54) is 0 Å². The highest BCUT2D eigenvalue weighted by Gasteiger charge is 2.17. The van der Waals surface area contributed by atoms with Crippen molar-refractivity contribution in [1.29, 1.82) is 0 Å². The number of carbonyl (C=O) groups is 2. The second-order valence-electron chi connectivity index (χ2n) is 5.90. The Morgan fingerprint density at radius 2 is 1.74 bits per heavy atom. The number of esters is 1. The van der Waals surface area contributed by atoms with Crippen LogP contribution >= 0.6 is 22.6 Å². The van der Waals surface area contributed by atoms with Gasteiger partial charge in [0, 0.05) is 3.57 Å². The largest absolute Gasteiger partial charge is 0.452 e. The molecule has 6 nitrogen and oxygen atoms in total. The number of anilines is 1. The third-order valence-electron chi connectivity index (χ3n) is 3.98. The van der Waals surface area contributed by atoms with Gasteiger partial charge in [-0.1, -0.05) is 30.3 Å². The summed E-state index contributed by atoms with van der Waals surface area (Å²) in [7, 11) is 0. The Labute approximate surface area is 170 Å². The molecule has 27 heavy (non-hydrogen) atoms. The normalized spacial score (nSPS) is 10.5. The lowest BCUT2D eigenvalue weighted by Gasteiger charge is -2.08. The molecule has 1 amide bonds. The van der Waals surface area contributed by atoms with Gasteiger partial charge < -0.3 is 10.1 Å². The molecule has 7 heteroatoms. The van der Waals surface area contributed by atoms with Crippen LogP contribution in [0.4, 0.5) is 5.69 Å². The van der Waals surface area contributed by atoms with E-state index in [-0.39, 0.29) is 6.61 Å². The number of hydrogen-bond acceptors (Lipinski definition) is 4. The van der Waals surface area contributed by atoms with Crippen LogP contribution in [0.25, 0.3) is 5.69 Å². The van der Waals surface area contributed by atoms with Crippen molar-refractivity contribution >= 4 is 40.2 Å². The van der Waals surface area contributed by atoms with E-state index in [1.54, 1.807) is 16.8 Å². The Morgan fingerprint density at radius 3 is 2.44 bits per heavy atom. The number of nitrogens with one attached hydrogen (secondary N) is 1. The Bertz CT molecular complexity index is 983. The molecule has 0 aliphatic rings. The van der Waals surface area contributed by atoms with E-state index >= 15 is 0 Å². The van der Waals surface area contributed by atoms with Crippen molar-refractivity contribution in [2.45, 2.75) is 13.8 Å². The number of ether oxygens (including phenoxy) is 1. The van der Waals surface area contributed by atoms with Gasteiger partial charge in [0.1, 0.15) is 0 Å². The van der Waals surface area contributed by atoms with Crippen molar-refractivity contribution in [2.75, 3.05) is 11.9 Å². The van der Waals surface area contributed by atoms with E-state index in [0.29, 0.717) is 16.9 Å². The monoisotopic (exact) mass is 475 g/mol. The molecule has 0 atom stereocenters. The van der Waals surface area contributed by atoms with Gasteiger partial charge in [0.15, 0.2) is 6.61 Å². The Balaban J connectivity index is 1.67. The molecule has 0 fully saturated rings. The molecule has 0 saturated heterocycles. The summed E-state index contributed by atoms with van der Waals surface area (Å²) in [5.41, 5.74) is 3.46. The minimum absolute atomic E-state index is 0.362. The van der Waals surface area contributed by atoms with Crippen molar-refractivity contribution in [2.24, 2.45) is 0 Å². The van der Waals surface area contributed by atoms with Gasteiger partial charge in [-0.05, 0) is 60.7 Å². The van der Waals surface area contributed by atoms with Gasteiger partial charge in [-0.25, -0.2) is 9.48 Å². The number of para-hydroxylation sites is 1. The van der Waals surface area contributed by atoms with Crippen molar-refractivity contribution in [3.63, 3.8) is 0 Å². The Morgan fingerprint density at radius 1 is 1.07 bits per heavy atom. The molecule has 0 bridgehead atoms. The number of halogens is 1. The van der Waals surface area contributed by atoms with Gasteiger partial charge in [0.05, 0.1) is 28.3 Å². The van der Waals surface area contributed by atoms with Crippen molar-refractivity contribution in [1.82, 2.24) is 9.78 Å². The number of nitrogens with zero attached hydrogens (tertiary/aromatic N) is 2. The van der Waals surface area contributed by atoms with Gasteiger partial charge in [0.25, 0.3) is 5.91 Å². The van der Waals surface area contributed by atoms with Gasteiger partial charge in [0.2, 0.25) is 0 Å². The van der Waals surface area contributed by atoms with Crippen LogP contribution in [-0.4, -0.2) is 28.3 Å². The van der Waals surface area contributed by atoms with Crippen LogP contribution in [-0.2, 0) is 9.53 Å². The summed E-state index contributed by atoms with van der Waals surface area (Å²) < 4.78 is 7.67. The van der Waals surface area contributed by atoms with E-state index in [1.807, 2.05) is 56.3 Å².